The van der Waals surface area contributed by atoms with Gasteiger partial charge < -0.3 is 10.8 Å². The van der Waals surface area contributed by atoms with Crippen LogP contribution >= 0.6 is 0 Å². The molecule has 0 aliphatic carbocycles. The highest BCUT2D eigenvalue weighted by Crippen LogP contribution is 2.14. The largest absolute Gasteiger partial charge is 0.393 e. The van der Waals surface area contributed by atoms with Gasteiger partial charge >= 0.3 is 0 Å². The predicted molar refractivity (Wildman–Crippen MR) is 113 cm³/mol. The summed E-state index contributed by atoms with van der Waals surface area (Å²) < 4.78 is 0. The summed E-state index contributed by atoms with van der Waals surface area (Å²) in [5.74, 6) is 0. The second kappa shape index (κ2) is 20.2. The molecule has 0 spiro atoms. The lowest BCUT2D eigenvalue weighted by Crippen LogP contribution is -2.24. The third kappa shape index (κ3) is 21.9. The Labute approximate surface area is 159 Å². The Morgan fingerprint density at radius 1 is 0.600 bits per heavy atom. The minimum atomic E-state index is -0.249. The minimum absolute atomic E-state index is 0.191. The molecule has 0 aromatic rings. The van der Waals surface area contributed by atoms with Gasteiger partial charge in [0.2, 0.25) is 0 Å². The van der Waals surface area contributed by atoms with Crippen molar-refractivity contribution in [3.05, 3.63) is 0 Å². The summed E-state index contributed by atoms with van der Waals surface area (Å²) in [6.07, 6.45) is 25.6. The molecule has 0 radical (unpaired) electrons. The van der Waals surface area contributed by atoms with Crippen LogP contribution < -0.4 is 5.73 Å². The molecular formula is C23H49NO. The standard InChI is InChI=1S/C23H49NO/c1-3-4-5-6-7-8-9-10-11-12-13-14-15-16-17-18-19-20-23(24)21-22(2)25/h22-23,25H,3-21,24H2,1-2H3. The first kappa shape index (κ1) is 24.9. The highest BCUT2D eigenvalue weighted by Gasteiger charge is 2.05. The number of aliphatic hydroxyl groups excluding tert-OH is 1. The van der Waals surface area contributed by atoms with E-state index >= 15 is 0 Å². The van der Waals surface area contributed by atoms with Gasteiger partial charge in [-0.05, 0) is 19.8 Å². The van der Waals surface area contributed by atoms with Crippen molar-refractivity contribution in [2.45, 2.75) is 148 Å². The summed E-state index contributed by atoms with van der Waals surface area (Å²) in [5, 5.41) is 9.29. The molecule has 25 heavy (non-hydrogen) atoms. The molecule has 0 saturated carbocycles. The van der Waals surface area contributed by atoms with Crippen molar-refractivity contribution in [1.29, 1.82) is 0 Å². The molecule has 2 atom stereocenters. The van der Waals surface area contributed by atoms with Crippen LogP contribution in [-0.4, -0.2) is 17.3 Å². The lowest BCUT2D eigenvalue weighted by Gasteiger charge is -2.12. The van der Waals surface area contributed by atoms with Gasteiger partial charge in [-0.3, -0.25) is 0 Å². The zero-order chi connectivity index (χ0) is 18.6. The number of aliphatic hydroxyl groups is 1. The van der Waals surface area contributed by atoms with Gasteiger partial charge in [-0.1, -0.05) is 116 Å². The molecule has 2 nitrogen and oxygen atoms in total. The monoisotopic (exact) mass is 355 g/mol. The van der Waals surface area contributed by atoms with Crippen molar-refractivity contribution in [2.24, 2.45) is 5.73 Å². The van der Waals surface area contributed by atoms with Gasteiger partial charge in [-0.25, -0.2) is 0 Å². The fourth-order valence-corrected chi connectivity index (χ4v) is 3.69. The molecule has 0 amide bonds. The van der Waals surface area contributed by atoms with Crippen LogP contribution in [0.5, 0.6) is 0 Å². The first-order valence-corrected chi connectivity index (χ1v) is 11.6. The van der Waals surface area contributed by atoms with E-state index in [0.29, 0.717) is 0 Å². The molecule has 3 N–H and O–H groups in total. The minimum Gasteiger partial charge on any atom is -0.393 e. The number of hydrogen-bond acceptors (Lipinski definition) is 2. The highest BCUT2D eigenvalue weighted by atomic mass is 16.3. The van der Waals surface area contributed by atoms with Gasteiger partial charge in [0, 0.05) is 6.04 Å². The van der Waals surface area contributed by atoms with E-state index in [9.17, 15) is 5.11 Å². The molecule has 2 heteroatoms. The summed E-state index contributed by atoms with van der Waals surface area (Å²) in [5.41, 5.74) is 5.98. The molecule has 0 rings (SSSR count). The Bertz CT molecular complexity index is 242. The zero-order valence-corrected chi connectivity index (χ0v) is 17.6. The van der Waals surface area contributed by atoms with E-state index in [1.165, 1.54) is 109 Å². The normalized spacial score (nSPS) is 13.9. The summed E-state index contributed by atoms with van der Waals surface area (Å²) in [7, 11) is 0. The van der Waals surface area contributed by atoms with E-state index in [1.807, 2.05) is 6.92 Å². The average molecular weight is 356 g/mol. The van der Waals surface area contributed by atoms with Crippen molar-refractivity contribution in [1.82, 2.24) is 0 Å². The fourth-order valence-electron chi connectivity index (χ4n) is 3.69. The number of rotatable bonds is 20. The molecule has 0 fully saturated rings. The number of unbranched alkanes of at least 4 members (excludes halogenated alkanes) is 16. The summed E-state index contributed by atoms with van der Waals surface area (Å²) >= 11 is 0. The van der Waals surface area contributed by atoms with Crippen LogP contribution in [0.2, 0.25) is 0 Å². The lowest BCUT2D eigenvalue weighted by molar-refractivity contribution is 0.172. The molecule has 2 unspecified atom stereocenters. The maximum absolute atomic E-state index is 9.29. The fraction of sp³-hybridized carbons (Fsp3) is 1.00. The van der Waals surface area contributed by atoms with Gasteiger partial charge in [-0.15, -0.1) is 0 Å². The summed E-state index contributed by atoms with van der Waals surface area (Å²) in [4.78, 5) is 0. The second-order valence-electron chi connectivity index (χ2n) is 8.29. The average Bonchev–Trinajstić information content (AvgIpc) is 2.57. The van der Waals surface area contributed by atoms with Crippen molar-refractivity contribution >= 4 is 0 Å². The van der Waals surface area contributed by atoms with Gasteiger partial charge in [-0.2, -0.15) is 0 Å². The SMILES string of the molecule is CCCCCCCCCCCCCCCCCCCC(N)CC(C)O. The molecule has 0 aliphatic heterocycles. The van der Waals surface area contributed by atoms with Crippen LogP contribution in [0, 0.1) is 0 Å². The van der Waals surface area contributed by atoms with Crippen molar-refractivity contribution in [2.75, 3.05) is 0 Å². The Balaban J connectivity index is 3.05. The van der Waals surface area contributed by atoms with E-state index in [2.05, 4.69) is 6.92 Å². The predicted octanol–water partition coefficient (Wildman–Crippen LogP) is 7.13. The Kier molecular flexibility index (Phi) is 20.2. The molecule has 0 bridgehead atoms. The van der Waals surface area contributed by atoms with Crippen LogP contribution in [0.4, 0.5) is 0 Å². The third-order valence-corrected chi connectivity index (χ3v) is 5.32. The second-order valence-corrected chi connectivity index (χ2v) is 8.29. The molecule has 0 aliphatic rings. The maximum Gasteiger partial charge on any atom is 0.0526 e. The Morgan fingerprint density at radius 3 is 1.24 bits per heavy atom. The first-order chi connectivity index (χ1) is 12.2. The summed E-state index contributed by atoms with van der Waals surface area (Å²) in [6.45, 7) is 4.12. The van der Waals surface area contributed by atoms with E-state index in [1.54, 1.807) is 0 Å². The van der Waals surface area contributed by atoms with Gasteiger partial charge in [0.05, 0.1) is 6.10 Å². The van der Waals surface area contributed by atoms with Crippen LogP contribution in [0.15, 0.2) is 0 Å². The van der Waals surface area contributed by atoms with Crippen molar-refractivity contribution in [3.8, 4) is 0 Å². The first-order valence-electron chi connectivity index (χ1n) is 11.6. The summed E-state index contributed by atoms with van der Waals surface area (Å²) in [6, 6.07) is 0.191. The van der Waals surface area contributed by atoms with E-state index in [0.717, 1.165) is 12.8 Å². The Hall–Kier alpha value is -0.0800. The van der Waals surface area contributed by atoms with Crippen LogP contribution in [0.3, 0.4) is 0 Å². The smallest absolute Gasteiger partial charge is 0.0526 e. The molecule has 0 aromatic carbocycles. The number of hydrogen-bond donors (Lipinski definition) is 2. The van der Waals surface area contributed by atoms with Gasteiger partial charge in [0.15, 0.2) is 0 Å². The van der Waals surface area contributed by atoms with Crippen LogP contribution in [0.25, 0.3) is 0 Å². The molecule has 152 valence electrons. The number of nitrogens with two attached hydrogens (primary N) is 1. The van der Waals surface area contributed by atoms with Crippen molar-refractivity contribution in [3.63, 3.8) is 0 Å². The topological polar surface area (TPSA) is 46.2 Å². The quantitative estimate of drug-likeness (QED) is 0.228. The van der Waals surface area contributed by atoms with Crippen LogP contribution in [0.1, 0.15) is 136 Å². The molecule has 0 saturated heterocycles. The van der Waals surface area contributed by atoms with E-state index < -0.39 is 0 Å². The molecule has 0 aromatic heterocycles. The third-order valence-electron chi connectivity index (χ3n) is 5.32. The molecule has 0 heterocycles. The Morgan fingerprint density at radius 2 is 0.920 bits per heavy atom. The van der Waals surface area contributed by atoms with E-state index in [4.69, 9.17) is 5.73 Å². The van der Waals surface area contributed by atoms with Gasteiger partial charge in [0.25, 0.3) is 0 Å². The van der Waals surface area contributed by atoms with E-state index in [-0.39, 0.29) is 12.1 Å². The van der Waals surface area contributed by atoms with Crippen molar-refractivity contribution < 1.29 is 5.11 Å². The highest BCUT2D eigenvalue weighted by molar-refractivity contribution is 4.64. The van der Waals surface area contributed by atoms with Crippen LogP contribution in [-0.2, 0) is 0 Å². The zero-order valence-electron chi connectivity index (χ0n) is 17.6. The maximum atomic E-state index is 9.29. The molecular weight excluding hydrogens is 306 g/mol. The van der Waals surface area contributed by atoms with Gasteiger partial charge in [0.1, 0.15) is 0 Å². The lowest BCUT2D eigenvalue weighted by atomic mass is 10.0.